The van der Waals surface area contributed by atoms with Gasteiger partial charge in [0, 0.05) is 6.07 Å². The maximum Gasteiger partial charge on any atom is 0.264 e. The molecule has 3 rings (SSSR count). The molecule has 1 amide bonds. The number of methoxy groups -OCH3 is 1. The van der Waals surface area contributed by atoms with Crippen LogP contribution in [0.3, 0.4) is 0 Å². The Morgan fingerprint density at radius 3 is 2.62 bits per heavy atom. The van der Waals surface area contributed by atoms with E-state index >= 15 is 0 Å². The smallest absolute Gasteiger partial charge is 0.264 e. The second-order valence-corrected chi connectivity index (χ2v) is 7.70. The quantitative estimate of drug-likeness (QED) is 0.452. The van der Waals surface area contributed by atoms with Gasteiger partial charge in [0.25, 0.3) is 15.9 Å². The highest BCUT2D eigenvalue weighted by molar-refractivity contribution is 7.92. The van der Waals surface area contributed by atoms with E-state index in [9.17, 15) is 13.2 Å². The van der Waals surface area contributed by atoms with Crippen LogP contribution in [0.25, 0.3) is 0 Å². The van der Waals surface area contributed by atoms with Gasteiger partial charge in [0.15, 0.2) is 0 Å². The molecule has 8 nitrogen and oxygen atoms in total. The van der Waals surface area contributed by atoms with Crippen LogP contribution < -0.4 is 14.5 Å². The normalized spacial score (nSPS) is 11.3. The van der Waals surface area contributed by atoms with Gasteiger partial charge in [0.2, 0.25) is 0 Å². The molecule has 3 aromatic rings. The second kappa shape index (κ2) is 9.07. The largest absolute Gasteiger partial charge is 0.497 e. The van der Waals surface area contributed by atoms with E-state index in [4.69, 9.17) is 9.15 Å². The number of rotatable bonds is 8. The standard InChI is InChI=1S/C20H19N3O5S/c1-27-17-8-5-7-16(13-17)23(29(25,26)19-10-3-2-4-11-19)15-20(24)22-21-14-18-9-6-12-28-18/h2-14H,15H2,1H3,(H,22,24)/b21-14-. The number of nitrogens with zero attached hydrogens (tertiary/aromatic N) is 2. The first-order valence-electron chi connectivity index (χ1n) is 8.58. The zero-order valence-electron chi connectivity index (χ0n) is 15.6. The SMILES string of the molecule is COc1cccc(N(CC(=O)N/N=C\c2ccco2)S(=O)(=O)c2ccccc2)c1. The molecule has 0 atom stereocenters. The van der Waals surface area contributed by atoms with E-state index in [1.54, 1.807) is 54.6 Å². The molecular weight excluding hydrogens is 394 g/mol. The van der Waals surface area contributed by atoms with Crippen LogP contribution in [0, 0.1) is 0 Å². The van der Waals surface area contributed by atoms with Gasteiger partial charge in [-0.15, -0.1) is 0 Å². The molecule has 0 fully saturated rings. The molecule has 1 N–H and O–H groups in total. The Labute approximate surface area is 168 Å². The van der Waals surface area contributed by atoms with Crippen LogP contribution in [0.5, 0.6) is 5.75 Å². The molecule has 0 bridgehead atoms. The molecule has 0 aliphatic carbocycles. The van der Waals surface area contributed by atoms with Gasteiger partial charge in [-0.1, -0.05) is 24.3 Å². The highest BCUT2D eigenvalue weighted by Gasteiger charge is 2.27. The lowest BCUT2D eigenvalue weighted by atomic mass is 10.3. The van der Waals surface area contributed by atoms with E-state index in [1.807, 2.05) is 0 Å². The average Bonchev–Trinajstić information content (AvgIpc) is 3.26. The second-order valence-electron chi connectivity index (χ2n) is 5.83. The van der Waals surface area contributed by atoms with Crippen LogP contribution in [0.4, 0.5) is 5.69 Å². The summed E-state index contributed by atoms with van der Waals surface area (Å²) in [5, 5.41) is 3.78. The summed E-state index contributed by atoms with van der Waals surface area (Å²) in [5.74, 6) is 0.300. The number of hydrogen-bond acceptors (Lipinski definition) is 6. The number of furan rings is 1. The number of anilines is 1. The van der Waals surface area contributed by atoms with Crippen LogP contribution in [-0.2, 0) is 14.8 Å². The van der Waals surface area contributed by atoms with Crippen molar-refractivity contribution in [2.24, 2.45) is 5.10 Å². The van der Waals surface area contributed by atoms with Gasteiger partial charge in [-0.05, 0) is 36.4 Å². The fourth-order valence-electron chi connectivity index (χ4n) is 2.50. The van der Waals surface area contributed by atoms with Gasteiger partial charge >= 0.3 is 0 Å². The molecule has 0 unspecified atom stereocenters. The zero-order chi connectivity index (χ0) is 20.7. The molecule has 0 aliphatic heterocycles. The summed E-state index contributed by atoms with van der Waals surface area (Å²) in [7, 11) is -2.52. The Morgan fingerprint density at radius 2 is 1.93 bits per heavy atom. The maximum atomic E-state index is 13.2. The van der Waals surface area contributed by atoms with E-state index in [0.29, 0.717) is 17.2 Å². The predicted molar refractivity (Wildman–Crippen MR) is 108 cm³/mol. The van der Waals surface area contributed by atoms with E-state index in [2.05, 4.69) is 10.5 Å². The monoisotopic (exact) mass is 413 g/mol. The van der Waals surface area contributed by atoms with Crippen LogP contribution in [-0.4, -0.2) is 34.2 Å². The Bertz CT molecular complexity index is 1080. The molecule has 0 aliphatic rings. The summed E-state index contributed by atoms with van der Waals surface area (Å²) in [5.41, 5.74) is 2.60. The molecule has 1 aromatic heterocycles. The highest BCUT2D eigenvalue weighted by atomic mass is 32.2. The summed E-state index contributed by atoms with van der Waals surface area (Å²) in [4.78, 5) is 12.5. The minimum atomic E-state index is -4.00. The summed E-state index contributed by atoms with van der Waals surface area (Å²) >= 11 is 0. The lowest BCUT2D eigenvalue weighted by Gasteiger charge is -2.24. The number of hydrogen-bond donors (Lipinski definition) is 1. The number of hydrazone groups is 1. The predicted octanol–water partition coefficient (Wildman–Crippen LogP) is 2.63. The molecule has 0 radical (unpaired) electrons. The van der Waals surface area contributed by atoms with Gasteiger partial charge in [0.1, 0.15) is 18.1 Å². The zero-order valence-corrected chi connectivity index (χ0v) is 16.4. The first-order valence-corrected chi connectivity index (χ1v) is 10.0. The first-order chi connectivity index (χ1) is 14.0. The fourth-order valence-corrected chi connectivity index (χ4v) is 3.93. The van der Waals surface area contributed by atoms with Crippen molar-refractivity contribution in [3.8, 4) is 5.75 Å². The van der Waals surface area contributed by atoms with Gasteiger partial charge in [-0.2, -0.15) is 5.10 Å². The molecule has 29 heavy (non-hydrogen) atoms. The Kier molecular flexibility index (Phi) is 6.30. The van der Waals surface area contributed by atoms with Crippen molar-refractivity contribution in [2.45, 2.75) is 4.90 Å². The van der Waals surface area contributed by atoms with Crippen molar-refractivity contribution in [3.63, 3.8) is 0 Å². The number of benzene rings is 2. The third-order valence-electron chi connectivity index (χ3n) is 3.88. The van der Waals surface area contributed by atoms with Crippen molar-refractivity contribution < 1.29 is 22.4 Å². The van der Waals surface area contributed by atoms with Gasteiger partial charge in [-0.3, -0.25) is 9.10 Å². The first kappa shape index (κ1) is 20.2. The number of amides is 1. The van der Waals surface area contributed by atoms with Crippen molar-refractivity contribution >= 4 is 27.8 Å². The van der Waals surface area contributed by atoms with Crippen molar-refractivity contribution in [1.29, 1.82) is 0 Å². The average molecular weight is 413 g/mol. The summed E-state index contributed by atoms with van der Waals surface area (Å²) < 4.78 is 37.6. The van der Waals surface area contributed by atoms with Crippen LogP contribution in [0.1, 0.15) is 5.76 Å². The molecule has 1 heterocycles. The van der Waals surface area contributed by atoms with Crippen molar-refractivity contribution in [3.05, 3.63) is 78.8 Å². The van der Waals surface area contributed by atoms with Gasteiger partial charge in [0.05, 0.1) is 30.2 Å². The number of carbonyl (C=O) groups is 1. The van der Waals surface area contributed by atoms with E-state index in [0.717, 1.165) is 4.31 Å². The lowest BCUT2D eigenvalue weighted by molar-refractivity contribution is -0.119. The van der Waals surface area contributed by atoms with E-state index in [1.165, 1.54) is 31.7 Å². The minimum absolute atomic E-state index is 0.0645. The topological polar surface area (TPSA) is 101 Å². The fraction of sp³-hybridized carbons (Fsp3) is 0.100. The maximum absolute atomic E-state index is 13.2. The molecule has 2 aromatic carbocycles. The Hall–Kier alpha value is -3.59. The molecule has 0 spiro atoms. The Morgan fingerprint density at radius 1 is 1.14 bits per heavy atom. The van der Waals surface area contributed by atoms with Crippen LogP contribution in [0.15, 0.2) is 87.4 Å². The van der Waals surface area contributed by atoms with Crippen molar-refractivity contribution in [2.75, 3.05) is 18.0 Å². The van der Waals surface area contributed by atoms with Crippen LogP contribution in [0.2, 0.25) is 0 Å². The van der Waals surface area contributed by atoms with E-state index < -0.39 is 22.5 Å². The summed E-state index contributed by atoms with van der Waals surface area (Å²) in [6.45, 7) is -0.472. The van der Waals surface area contributed by atoms with Gasteiger partial charge in [-0.25, -0.2) is 13.8 Å². The Balaban J connectivity index is 1.87. The summed E-state index contributed by atoms with van der Waals surface area (Å²) in [6, 6.07) is 17.7. The lowest BCUT2D eigenvalue weighted by Crippen LogP contribution is -2.39. The third kappa shape index (κ3) is 5.02. The van der Waals surface area contributed by atoms with Crippen molar-refractivity contribution in [1.82, 2.24) is 5.43 Å². The summed E-state index contributed by atoms with van der Waals surface area (Å²) in [6.07, 6.45) is 2.79. The third-order valence-corrected chi connectivity index (χ3v) is 5.67. The molecular formula is C20H19N3O5S. The molecule has 0 saturated carbocycles. The minimum Gasteiger partial charge on any atom is -0.497 e. The van der Waals surface area contributed by atoms with Gasteiger partial charge < -0.3 is 9.15 Å². The highest BCUT2D eigenvalue weighted by Crippen LogP contribution is 2.26. The van der Waals surface area contributed by atoms with E-state index in [-0.39, 0.29) is 4.90 Å². The molecule has 0 saturated heterocycles. The number of nitrogens with one attached hydrogen (secondary N) is 1. The molecule has 150 valence electrons. The number of ether oxygens (including phenoxy) is 1. The van der Waals surface area contributed by atoms with Crippen LogP contribution >= 0.6 is 0 Å². The number of carbonyl (C=O) groups excluding carboxylic acids is 1. The molecule has 9 heteroatoms. The number of sulfonamides is 1.